The summed E-state index contributed by atoms with van der Waals surface area (Å²) < 4.78 is 11.7. The molecule has 1 amide bonds. The summed E-state index contributed by atoms with van der Waals surface area (Å²) in [6.45, 7) is 3.84. The van der Waals surface area contributed by atoms with Crippen molar-refractivity contribution in [1.29, 1.82) is 0 Å². The maximum atomic E-state index is 13.0. The Morgan fingerprint density at radius 3 is 2.37 bits per heavy atom. The molecule has 7 nitrogen and oxygen atoms in total. The molecule has 1 N–H and O–H groups in total. The fourth-order valence-electron chi connectivity index (χ4n) is 3.14. The molecule has 2 aromatic carbocycles. The smallest absolute Gasteiger partial charge is 0.267 e. The standard InChI is InChI=1S/C23H25N3O4/c1-5-19(23(28)24-17-10-12-20(29-3)21(14-17)30-4)26-22(27)13-11-18(25-26)16-8-6-15(2)7-9-16/h6-14,19H,5H2,1-4H3,(H,24,28). The Morgan fingerprint density at radius 2 is 1.73 bits per heavy atom. The van der Waals surface area contributed by atoms with Crippen LogP contribution >= 0.6 is 0 Å². The molecule has 0 spiro atoms. The lowest BCUT2D eigenvalue weighted by molar-refractivity contribution is -0.119. The quantitative estimate of drug-likeness (QED) is 0.644. The number of ether oxygens (including phenoxy) is 2. The molecular formula is C23H25N3O4. The maximum absolute atomic E-state index is 13.0. The van der Waals surface area contributed by atoms with Crippen molar-refractivity contribution in [2.75, 3.05) is 19.5 Å². The van der Waals surface area contributed by atoms with Gasteiger partial charge in [0.2, 0.25) is 5.91 Å². The minimum absolute atomic E-state index is 0.333. The topological polar surface area (TPSA) is 82.4 Å². The van der Waals surface area contributed by atoms with Crippen molar-refractivity contribution in [3.05, 3.63) is 70.5 Å². The van der Waals surface area contributed by atoms with Gasteiger partial charge in [-0.3, -0.25) is 9.59 Å². The number of anilines is 1. The Kier molecular flexibility index (Phi) is 6.51. The van der Waals surface area contributed by atoms with Crippen molar-refractivity contribution < 1.29 is 14.3 Å². The Hall–Kier alpha value is -3.61. The van der Waals surface area contributed by atoms with Crippen LogP contribution in [-0.2, 0) is 4.79 Å². The van der Waals surface area contributed by atoms with Crippen molar-refractivity contribution in [3.63, 3.8) is 0 Å². The zero-order chi connectivity index (χ0) is 21.7. The molecule has 0 aliphatic heterocycles. The van der Waals surface area contributed by atoms with Crippen LogP contribution < -0.4 is 20.3 Å². The Bertz CT molecular complexity index is 1090. The number of hydrogen-bond donors (Lipinski definition) is 1. The molecule has 0 saturated carbocycles. The van der Waals surface area contributed by atoms with Gasteiger partial charge in [-0.1, -0.05) is 36.8 Å². The van der Waals surface area contributed by atoms with Crippen molar-refractivity contribution in [2.45, 2.75) is 26.3 Å². The highest BCUT2D eigenvalue weighted by atomic mass is 16.5. The summed E-state index contributed by atoms with van der Waals surface area (Å²) in [5.41, 5.74) is 2.85. The van der Waals surface area contributed by atoms with E-state index in [1.165, 1.54) is 17.9 Å². The van der Waals surface area contributed by atoms with Crippen LogP contribution in [0.1, 0.15) is 24.9 Å². The van der Waals surface area contributed by atoms with Gasteiger partial charge in [-0.2, -0.15) is 5.10 Å². The number of aromatic nitrogens is 2. The van der Waals surface area contributed by atoms with Crippen molar-refractivity contribution in [2.24, 2.45) is 0 Å². The van der Waals surface area contributed by atoms with Gasteiger partial charge < -0.3 is 14.8 Å². The second-order valence-electron chi connectivity index (χ2n) is 6.85. The lowest BCUT2D eigenvalue weighted by Crippen LogP contribution is -2.34. The number of aryl methyl sites for hydroxylation is 1. The van der Waals surface area contributed by atoms with Crippen LogP contribution in [-0.4, -0.2) is 29.9 Å². The van der Waals surface area contributed by atoms with Crippen molar-refractivity contribution >= 4 is 11.6 Å². The van der Waals surface area contributed by atoms with Gasteiger partial charge in [0, 0.05) is 23.4 Å². The number of hydrogen-bond acceptors (Lipinski definition) is 5. The predicted molar refractivity (Wildman–Crippen MR) is 116 cm³/mol. The minimum atomic E-state index is -0.754. The fraction of sp³-hybridized carbons (Fsp3) is 0.261. The van der Waals surface area contributed by atoms with Gasteiger partial charge >= 0.3 is 0 Å². The zero-order valence-electron chi connectivity index (χ0n) is 17.5. The molecule has 0 aliphatic carbocycles. The van der Waals surface area contributed by atoms with E-state index in [1.54, 1.807) is 31.4 Å². The van der Waals surface area contributed by atoms with Crippen LogP contribution in [0.15, 0.2) is 59.4 Å². The van der Waals surface area contributed by atoms with E-state index in [2.05, 4.69) is 10.4 Å². The highest BCUT2D eigenvalue weighted by molar-refractivity contribution is 5.94. The first-order valence-corrected chi connectivity index (χ1v) is 9.66. The van der Waals surface area contributed by atoms with Gasteiger partial charge in [-0.15, -0.1) is 0 Å². The largest absolute Gasteiger partial charge is 0.493 e. The SMILES string of the molecule is CCC(C(=O)Nc1ccc(OC)c(OC)c1)n1nc(-c2ccc(C)cc2)ccc1=O. The van der Waals surface area contributed by atoms with Gasteiger partial charge in [0.25, 0.3) is 5.56 Å². The van der Waals surface area contributed by atoms with E-state index in [-0.39, 0.29) is 11.5 Å². The summed E-state index contributed by atoms with van der Waals surface area (Å²) in [5, 5.41) is 7.30. The first kappa shape index (κ1) is 21.1. The number of benzene rings is 2. The number of amides is 1. The molecule has 3 rings (SSSR count). The third kappa shape index (κ3) is 4.51. The third-order valence-corrected chi connectivity index (χ3v) is 4.81. The number of nitrogens with zero attached hydrogens (tertiary/aromatic N) is 2. The van der Waals surface area contributed by atoms with Gasteiger partial charge in [-0.25, -0.2) is 4.68 Å². The van der Waals surface area contributed by atoms with E-state index in [0.29, 0.717) is 29.3 Å². The van der Waals surface area contributed by atoms with Gasteiger partial charge in [0.05, 0.1) is 19.9 Å². The minimum Gasteiger partial charge on any atom is -0.493 e. The van der Waals surface area contributed by atoms with E-state index < -0.39 is 6.04 Å². The van der Waals surface area contributed by atoms with E-state index in [0.717, 1.165) is 11.1 Å². The second-order valence-corrected chi connectivity index (χ2v) is 6.85. The monoisotopic (exact) mass is 407 g/mol. The molecule has 0 radical (unpaired) electrons. The molecule has 0 aliphatic rings. The number of carbonyl (C=O) groups excluding carboxylic acids is 1. The maximum Gasteiger partial charge on any atom is 0.267 e. The highest BCUT2D eigenvalue weighted by Gasteiger charge is 2.22. The normalized spacial score (nSPS) is 11.6. The number of nitrogens with one attached hydrogen (secondary N) is 1. The van der Waals surface area contributed by atoms with Crippen LogP contribution in [0.3, 0.4) is 0 Å². The third-order valence-electron chi connectivity index (χ3n) is 4.81. The van der Waals surface area contributed by atoms with Crippen molar-refractivity contribution in [3.8, 4) is 22.8 Å². The van der Waals surface area contributed by atoms with Crippen LogP contribution in [0.25, 0.3) is 11.3 Å². The molecule has 0 saturated heterocycles. The summed E-state index contributed by atoms with van der Waals surface area (Å²) in [7, 11) is 3.07. The molecule has 1 heterocycles. The number of methoxy groups -OCH3 is 2. The second kappa shape index (κ2) is 9.26. The first-order chi connectivity index (χ1) is 14.5. The Balaban J connectivity index is 1.89. The van der Waals surface area contributed by atoms with Crippen LogP contribution in [0.4, 0.5) is 5.69 Å². The first-order valence-electron chi connectivity index (χ1n) is 9.66. The average Bonchev–Trinajstić information content (AvgIpc) is 2.76. The fourth-order valence-corrected chi connectivity index (χ4v) is 3.14. The van der Waals surface area contributed by atoms with Crippen molar-refractivity contribution in [1.82, 2.24) is 9.78 Å². The molecule has 156 valence electrons. The number of carbonyl (C=O) groups is 1. The van der Waals surface area contributed by atoms with E-state index in [4.69, 9.17) is 9.47 Å². The molecular weight excluding hydrogens is 382 g/mol. The van der Waals surface area contributed by atoms with Gasteiger partial charge in [0.1, 0.15) is 6.04 Å². The Morgan fingerprint density at radius 1 is 1.03 bits per heavy atom. The number of rotatable bonds is 7. The zero-order valence-corrected chi connectivity index (χ0v) is 17.5. The van der Waals surface area contributed by atoms with Crippen LogP contribution in [0, 0.1) is 6.92 Å². The molecule has 1 atom stereocenters. The summed E-state index contributed by atoms with van der Waals surface area (Å²) in [5.74, 6) is 0.728. The Labute approximate surface area is 175 Å². The van der Waals surface area contributed by atoms with Crippen LogP contribution in [0.2, 0.25) is 0 Å². The van der Waals surface area contributed by atoms with Gasteiger partial charge in [-0.05, 0) is 31.5 Å². The molecule has 0 fully saturated rings. The van der Waals surface area contributed by atoms with Crippen LogP contribution in [0.5, 0.6) is 11.5 Å². The molecule has 1 unspecified atom stereocenters. The summed E-state index contributed by atoms with van der Waals surface area (Å²) >= 11 is 0. The molecule has 7 heteroatoms. The predicted octanol–water partition coefficient (Wildman–Crippen LogP) is 3.83. The average molecular weight is 407 g/mol. The van der Waals surface area contributed by atoms with Gasteiger partial charge in [0.15, 0.2) is 11.5 Å². The molecule has 0 bridgehead atoms. The molecule has 30 heavy (non-hydrogen) atoms. The van der Waals surface area contributed by atoms with E-state index in [9.17, 15) is 9.59 Å². The molecule has 1 aromatic heterocycles. The lowest BCUT2D eigenvalue weighted by atomic mass is 10.1. The van der Waals surface area contributed by atoms with E-state index in [1.807, 2.05) is 38.1 Å². The summed E-state index contributed by atoms with van der Waals surface area (Å²) in [6.07, 6.45) is 0.406. The lowest BCUT2D eigenvalue weighted by Gasteiger charge is -2.18. The van der Waals surface area contributed by atoms with E-state index >= 15 is 0 Å². The summed E-state index contributed by atoms with van der Waals surface area (Å²) in [4.78, 5) is 25.4. The summed E-state index contributed by atoms with van der Waals surface area (Å²) in [6, 6.07) is 15.3. The highest BCUT2D eigenvalue weighted by Crippen LogP contribution is 2.30. The molecule has 3 aromatic rings.